The van der Waals surface area contributed by atoms with Crippen LogP contribution in [0.25, 0.3) is 11.1 Å². The summed E-state index contributed by atoms with van der Waals surface area (Å²) in [5.41, 5.74) is 3.35. The second kappa shape index (κ2) is 5.74. The number of rotatable bonds is 4. The predicted molar refractivity (Wildman–Crippen MR) is 82.1 cm³/mol. The molecule has 0 unspecified atom stereocenters. The first-order valence-electron chi connectivity index (χ1n) is 6.73. The van der Waals surface area contributed by atoms with E-state index in [0.29, 0.717) is 11.6 Å². The first-order chi connectivity index (χ1) is 10.2. The molecule has 2 aromatic carbocycles. The molecule has 3 rings (SSSR count). The molecule has 108 valence electrons. The Morgan fingerprint density at radius 2 is 2.10 bits per heavy atom. The smallest absolute Gasteiger partial charge is 0.195 e. The second-order valence-electron chi connectivity index (χ2n) is 4.73. The van der Waals surface area contributed by atoms with E-state index in [-0.39, 0.29) is 5.82 Å². The molecule has 0 amide bonds. The molecule has 0 fully saturated rings. The van der Waals surface area contributed by atoms with E-state index < -0.39 is 0 Å². The molecule has 21 heavy (non-hydrogen) atoms. The number of aromatic nitrogens is 1. The van der Waals surface area contributed by atoms with Gasteiger partial charge in [-0.05, 0) is 35.9 Å². The Morgan fingerprint density at radius 1 is 1.24 bits per heavy atom. The normalized spacial score (nSPS) is 11.0. The number of aryl methyl sites for hydroxylation is 1. The Bertz CT molecular complexity index is 785. The van der Waals surface area contributed by atoms with Crippen LogP contribution >= 0.6 is 11.6 Å². The zero-order chi connectivity index (χ0) is 14.8. The summed E-state index contributed by atoms with van der Waals surface area (Å²) in [5, 5.41) is 3.67. The van der Waals surface area contributed by atoms with Crippen LogP contribution in [-0.4, -0.2) is 4.98 Å². The molecule has 3 aromatic rings. The number of hydrogen-bond donors (Lipinski definition) is 1. The maximum absolute atomic E-state index is 13.0. The lowest BCUT2D eigenvalue weighted by atomic mass is 10.2. The van der Waals surface area contributed by atoms with E-state index in [1.807, 2.05) is 25.1 Å². The van der Waals surface area contributed by atoms with Gasteiger partial charge in [0.1, 0.15) is 11.3 Å². The third-order valence-corrected chi connectivity index (χ3v) is 3.58. The van der Waals surface area contributed by atoms with Gasteiger partial charge in [0, 0.05) is 23.7 Å². The third kappa shape index (κ3) is 3.00. The lowest BCUT2D eigenvalue weighted by molar-refractivity contribution is 0.538. The van der Waals surface area contributed by atoms with Crippen LogP contribution in [-0.2, 0) is 13.0 Å². The first-order valence-corrected chi connectivity index (χ1v) is 7.11. The molecule has 1 N–H and O–H groups in total. The molecule has 0 bridgehead atoms. The van der Waals surface area contributed by atoms with Gasteiger partial charge in [0.05, 0.1) is 0 Å². The maximum atomic E-state index is 13.0. The van der Waals surface area contributed by atoms with E-state index >= 15 is 0 Å². The molecule has 0 atom stereocenters. The Kier molecular flexibility index (Phi) is 3.80. The highest BCUT2D eigenvalue weighted by atomic mass is 35.5. The van der Waals surface area contributed by atoms with Gasteiger partial charge in [-0.2, -0.15) is 0 Å². The van der Waals surface area contributed by atoms with Gasteiger partial charge in [-0.1, -0.05) is 24.6 Å². The van der Waals surface area contributed by atoms with Gasteiger partial charge in [-0.15, -0.1) is 0 Å². The lowest BCUT2D eigenvalue weighted by Crippen LogP contribution is -2.00. The van der Waals surface area contributed by atoms with E-state index in [1.165, 1.54) is 12.1 Å². The summed E-state index contributed by atoms with van der Waals surface area (Å²) in [4.78, 5) is 4.39. The topological polar surface area (TPSA) is 38.1 Å². The van der Waals surface area contributed by atoms with Crippen LogP contribution in [0.4, 0.5) is 10.1 Å². The van der Waals surface area contributed by atoms with Crippen LogP contribution < -0.4 is 5.32 Å². The average Bonchev–Trinajstić information content (AvgIpc) is 2.88. The fraction of sp³-hybridized carbons (Fsp3) is 0.188. The van der Waals surface area contributed by atoms with Gasteiger partial charge in [-0.25, -0.2) is 9.37 Å². The Balaban J connectivity index is 1.78. The van der Waals surface area contributed by atoms with Gasteiger partial charge in [0.2, 0.25) is 0 Å². The van der Waals surface area contributed by atoms with Crippen molar-refractivity contribution in [1.82, 2.24) is 4.98 Å². The highest BCUT2D eigenvalue weighted by molar-refractivity contribution is 6.31. The van der Waals surface area contributed by atoms with Crippen LogP contribution in [0.3, 0.4) is 0 Å². The quantitative estimate of drug-likeness (QED) is 0.752. The minimum Gasteiger partial charge on any atom is -0.441 e. The van der Waals surface area contributed by atoms with Crippen molar-refractivity contribution in [2.45, 2.75) is 19.9 Å². The van der Waals surface area contributed by atoms with Crippen molar-refractivity contribution >= 4 is 28.4 Å². The first kappa shape index (κ1) is 13.9. The van der Waals surface area contributed by atoms with Crippen molar-refractivity contribution in [3.05, 3.63) is 58.7 Å². The van der Waals surface area contributed by atoms with Crippen LogP contribution in [0.2, 0.25) is 5.02 Å². The number of benzene rings is 2. The zero-order valence-electron chi connectivity index (χ0n) is 11.5. The number of oxazole rings is 1. The van der Waals surface area contributed by atoms with Crippen LogP contribution in [0, 0.1) is 5.82 Å². The van der Waals surface area contributed by atoms with E-state index in [9.17, 15) is 4.39 Å². The fourth-order valence-corrected chi connectivity index (χ4v) is 2.33. The summed E-state index contributed by atoms with van der Waals surface area (Å²) < 4.78 is 18.6. The predicted octanol–water partition coefficient (Wildman–Crippen LogP) is 4.79. The van der Waals surface area contributed by atoms with Gasteiger partial charge in [0.15, 0.2) is 11.5 Å². The Labute approximate surface area is 126 Å². The minimum atomic E-state index is -0.333. The average molecular weight is 305 g/mol. The van der Waals surface area contributed by atoms with Gasteiger partial charge in [-0.3, -0.25) is 0 Å². The maximum Gasteiger partial charge on any atom is 0.195 e. The van der Waals surface area contributed by atoms with Gasteiger partial charge in [0.25, 0.3) is 0 Å². The van der Waals surface area contributed by atoms with Crippen molar-refractivity contribution < 1.29 is 8.81 Å². The third-order valence-electron chi connectivity index (χ3n) is 3.23. The zero-order valence-corrected chi connectivity index (χ0v) is 12.2. The number of halogens is 2. The minimum absolute atomic E-state index is 0.333. The highest BCUT2D eigenvalue weighted by Gasteiger charge is 2.06. The second-order valence-corrected chi connectivity index (χ2v) is 5.14. The summed E-state index contributed by atoms with van der Waals surface area (Å²) in [5.74, 6) is 0.392. The molecule has 5 heteroatoms. The molecular weight excluding hydrogens is 291 g/mol. The van der Waals surface area contributed by atoms with Crippen molar-refractivity contribution in [3.63, 3.8) is 0 Å². The molecule has 0 spiro atoms. The van der Waals surface area contributed by atoms with Crippen molar-refractivity contribution in [1.29, 1.82) is 0 Å². The molecule has 0 saturated carbocycles. The van der Waals surface area contributed by atoms with E-state index in [0.717, 1.165) is 34.7 Å². The van der Waals surface area contributed by atoms with Gasteiger partial charge < -0.3 is 9.73 Å². The van der Waals surface area contributed by atoms with Crippen LogP contribution in [0.1, 0.15) is 18.4 Å². The number of nitrogens with zero attached hydrogens (tertiary/aromatic N) is 1. The van der Waals surface area contributed by atoms with Crippen LogP contribution in [0.15, 0.2) is 40.8 Å². The molecule has 0 saturated heterocycles. The van der Waals surface area contributed by atoms with Crippen molar-refractivity contribution in [3.8, 4) is 0 Å². The molecule has 1 heterocycles. The SMILES string of the molecule is CCc1nc2cc(NCc3ccc(F)cc3Cl)ccc2o1. The van der Waals surface area contributed by atoms with E-state index in [4.69, 9.17) is 16.0 Å². The van der Waals surface area contributed by atoms with E-state index in [1.54, 1.807) is 6.07 Å². The van der Waals surface area contributed by atoms with Gasteiger partial charge >= 0.3 is 0 Å². The summed E-state index contributed by atoms with van der Waals surface area (Å²) >= 11 is 6.01. The molecule has 0 radical (unpaired) electrons. The number of nitrogens with one attached hydrogen (secondary N) is 1. The largest absolute Gasteiger partial charge is 0.441 e. The molecule has 3 nitrogen and oxygen atoms in total. The molecular formula is C16H14ClFN2O. The standard InChI is InChI=1S/C16H14ClFN2O/c1-2-16-20-14-8-12(5-6-15(14)21-16)19-9-10-3-4-11(18)7-13(10)17/h3-8,19H,2,9H2,1H3. The fourth-order valence-electron chi connectivity index (χ4n) is 2.10. The summed E-state index contributed by atoms with van der Waals surface area (Å²) in [7, 11) is 0. The summed E-state index contributed by atoms with van der Waals surface area (Å²) in [6.45, 7) is 2.52. The van der Waals surface area contributed by atoms with E-state index in [2.05, 4.69) is 10.3 Å². The monoisotopic (exact) mass is 304 g/mol. The molecule has 1 aromatic heterocycles. The number of anilines is 1. The van der Waals surface area contributed by atoms with Crippen molar-refractivity contribution in [2.75, 3.05) is 5.32 Å². The number of fused-ring (bicyclic) bond motifs is 1. The summed E-state index contributed by atoms with van der Waals surface area (Å²) in [6, 6.07) is 10.1. The van der Waals surface area contributed by atoms with Crippen LogP contribution in [0.5, 0.6) is 0 Å². The molecule has 0 aliphatic heterocycles. The lowest BCUT2D eigenvalue weighted by Gasteiger charge is -2.08. The molecule has 0 aliphatic carbocycles. The molecule has 0 aliphatic rings. The highest BCUT2D eigenvalue weighted by Crippen LogP contribution is 2.22. The Morgan fingerprint density at radius 3 is 2.86 bits per heavy atom. The summed E-state index contributed by atoms with van der Waals surface area (Å²) in [6.07, 6.45) is 0.766. The van der Waals surface area contributed by atoms with Crippen molar-refractivity contribution in [2.24, 2.45) is 0 Å². The Hall–Kier alpha value is -2.07. The number of hydrogen-bond acceptors (Lipinski definition) is 3.